The maximum atomic E-state index is 8.80. The molecule has 0 fully saturated rings. The number of hydrogen-bond donors (Lipinski definition) is 0. The summed E-state index contributed by atoms with van der Waals surface area (Å²) in [6.45, 7) is 1.82. The Bertz CT molecular complexity index is 702. The topological polar surface area (TPSA) is 41.6 Å². The average molecular weight is 348 g/mol. The van der Waals surface area contributed by atoms with Gasteiger partial charge >= 0.3 is 0 Å². The van der Waals surface area contributed by atoms with Crippen LogP contribution in [0.3, 0.4) is 0 Å². The predicted octanol–water partition coefficient (Wildman–Crippen LogP) is 4.97. The molecule has 0 saturated carbocycles. The van der Waals surface area contributed by atoms with E-state index < -0.39 is 0 Å². The molecule has 1 heterocycles. The number of halogens is 2. The molecular weight excluding hydrogens is 341 g/mol. The fraction of sp³-hybridized carbons (Fsp3) is 0.182. The Morgan fingerprint density at radius 3 is 2.84 bits per heavy atom. The van der Waals surface area contributed by atoms with Gasteiger partial charge in [0.1, 0.15) is 0 Å². The first-order valence-electron chi connectivity index (χ1n) is 5.13. The summed E-state index contributed by atoms with van der Waals surface area (Å²) in [5, 5.41) is 14.0. The van der Waals surface area contributed by atoms with Crippen LogP contribution in [0, 0.1) is 15.3 Å². The number of nitriles is 1. The third-order valence-electron chi connectivity index (χ3n) is 2.14. The molecule has 0 amide bonds. The van der Waals surface area contributed by atoms with Gasteiger partial charge in [0.25, 0.3) is 0 Å². The van der Waals surface area contributed by atoms with Gasteiger partial charge in [0.2, 0.25) is 0 Å². The van der Waals surface area contributed by atoms with Gasteiger partial charge in [-0.3, -0.25) is 0 Å². The Morgan fingerprint density at radius 2 is 2.21 bits per heavy atom. The summed E-state index contributed by atoms with van der Waals surface area (Å²) in [4.78, 5) is 0. The van der Waals surface area contributed by atoms with Gasteiger partial charge in [-0.2, -0.15) is 5.26 Å². The van der Waals surface area contributed by atoms with E-state index in [0.29, 0.717) is 14.0 Å². The molecule has 0 N–H and O–H groups in total. The Labute approximate surface area is 133 Å². The monoisotopic (exact) mass is 347 g/mol. The molecule has 0 aliphatic heterocycles. The van der Waals surface area contributed by atoms with E-state index in [1.54, 1.807) is 22.9 Å². The van der Waals surface area contributed by atoms with Crippen molar-refractivity contribution in [3.63, 3.8) is 0 Å². The van der Waals surface area contributed by atoms with Crippen LogP contribution < -0.4 is 0 Å². The van der Waals surface area contributed by atoms with E-state index in [9.17, 15) is 0 Å². The van der Waals surface area contributed by atoms with Crippen LogP contribution in [0.15, 0.2) is 22.5 Å². The zero-order valence-electron chi connectivity index (χ0n) is 9.63. The van der Waals surface area contributed by atoms with Crippen LogP contribution in [-0.4, -0.2) is 15.0 Å². The largest absolute Gasteiger partial charge is 0.211 e. The molecule has 8 heteroatoms. The Morgan fingerprint density at radius 1 is 1.47 bits per heavy atom. The summed E-state index contributed by atoms with van der Waals surface area (Å²) >= 11 is 19.9. The number of benzene rings is 1. The average Bonchev–Trinajstić information content (AvgIpc) is 2.73. The van der Waals surface area contributed by atoms with Crippen molar-refractivity contribution in [3.05, 3.63) is 32.2 Å². The van der Waals surface area contributed by atoms with E-state index in [1.165, 1.54) is 23.1 Å². The lowest BCUT2D eigenvalue weighted by Crippen LogP contribution is -1.97. The van der Waals surface area contributed by atoms with E-state index in [0.717, 1.165) is 10.0 Å². The molecule has 1 atom stereocenters. The summed E-state index contributed by atoms with van der Waals surface area (Å²) in [6, 6.07) is 7.35. The predicted molar refractivity (Wildman–Crippen MR) is 83.2 cm³/mol. The highest BCUT2D eigenvalue weighted by molar-refractivity contribution is 8.01. The number of nitrogens with zero attached hydrogens (tertiary/aromatic N) is 3. The minimum Gasteiger partial charge on any atom is -0.211 e. The van der Waals surface area contributed by atoms with E-state index in [1.807, 2.05) is 6.92 Å². The van der Waals surface area contributed by atoms with Crippen LogP contribution in [0.5, 0.6) is 0 Å². The minimum absolute atomic E-state index is 0.164. The molecule has 0 saturated heterocycles. The summed E-state index contributed by atoms with van der Waals surface area (Å²) < 4.78 is 2.98. The van der Waals surface area contributed by atoms with Crippen molar-refractivity contribution in [3.8, 4) is 11.8 Å². The molecule has 0 aliphatic carbocycles. The summed E-state index contributed by atoms with van der Waals surface area (Å²) in [5.74, 6) is 0. The lowest BCUT2D eigenvalue weighted by atomic mass is 10.3. The molecule has 98 valence electrons. The smallest absolute Gasteiger partial charge is 0.184 e. The number of thioether (sulfide) groups is 1. The van der Waals surface area contributed by atoms with E-state index >= 15 is 0 Å². The second-order valence-electron chi connectivity index (χ2n) is 3.53. The molecule has 0 spiro atoms. The Hall–Kier alpha value is -0.580. The van der Waals surface area contributed by atoms with Crippen molar-refractivity contribution in [2.75, 3.05) is 0 Å². The van der Waals surface area contributed by atoms with Gasteiger partial charge in [-0.1, -0.05) is 46.3 Å². The van der Waals surface area contributed by atoms with Crippen molar-refractivity contribution in [1.82, 2.24) is 9.78 Å². The Kier molecular flexibility index (Phi) is 4.87. The zero-order chi connectivity index (χ0) is 14.0. The second-order valence-corrected chi connectivity index (χ2v) is 7.56. The highest BCUT2D eigenvalue weighted by Gasteiger charge is 2.11. The first kappa shape index (κ1) is 14.8. The highest BCUT2D eigenvalue weighted by atomic mass is 35.5. The molecule has 2 aromatic rings. The van der Waals surface area contributed by atoms with E-state index in [-0.39, 0.29) is 5.25 Å². The quantitative estimate of drug-likeness (QED) is 0.580. The van der Waals surface area contributed by atoms with Gasteiger partial charge in [-0.25, -0.2) is 4.68 Å². The maximum Gasteiger partial charge on any atom is 0.184 e. The van der Waals surface area contributed by atoms with Crippen LogP contribution >= 0.6 is 58.5 Å². The first-order valence-corrected chi connectivity index (χ1v) is 7.99. The lowest BCUT2D eigenvalue weighted by Gasteiger charge is -2.02. The summed E-state index contributed by atoms with van der Waals surface area (Å²) in [5.41, 5.74) is 0.757. The van der Waals surface area contributed by atoms with Crippen molar-refractivity contribution in [2.24, 2.45) is 0 Å². The number of aromatic nitrogens is 2. The van der Waals surface area contributed by atoms with Gasteiger partial charge in [0.15, 0.2) is 8.29 Å². The van der Waals surface area contributed by atoms with E-state index in [4.69, 9.17) is 40.7 Å². The normalized spacial score (nSPS) is 12.1. The van der Waals surface area contributed by atoms with E-state index in [2.05, 4.69) is 11.2 Å². The maximum absolute atomic E-state index is 8.80. The second kappa shape index (κ2) is 6.25. The summed E-state index contributed by atoms with van der Waals surface area (Å²) in [7, 11) is 0. The third kappa shape index (κ3) is 3.50. The first-order chi connectivity index (χ1) is 9.01. The molecule has 0 radical (unpaired) electrons. The number of rotatable bonds is 3. The van der Waals surface area contributed by atoms with Gasteiger partial charge in [-0.15, -0.1) is 5.10 Å². The number of hydrogen-bond acceptors (Lipinski definition) is 5. The molecule has 2 rings (SSSR count). The van der Waals surface area contributed by atoms with Crippen LogP contribution in [0.4, 0.5) is 0 Å². The van der Waals surface area contributed by atoms with Crippen LogP contribution in [-0.2, 0) is 0 Å². The van der Waals surface area contributed by atoms with Gasteiger partial charge < -0.3 is 0 Å². The van der Waals surface area contributed by atoms with Crippen molar-refractivity contribution >= 4 is 58.5 Å². The van der Waals surface area contributed by atoms with Crippen molar-refractivity contribution in [1.29, 1.82) is 5.26 Å². The van der Waals surface area contributed by atoms with Crippen molar-refractivity contribution in [2.45, 2.75) is 16.5 Å². The Balaban J connectivity index is 2.38. The molecule has 0 aliphatic rings. The van der Waals surface area contributed by atoms with Crippen LogP contribution in [0.1, 0.15) is 6.92 Å². The lowest BCUT2D eigenvalue weighted by molar-refractivity contribution is 0.829. The molecule has 3 nitrogen and oxygen atoms in total. The van der Waals surface area contributed by atoms with Crippen molar-refractivity contribution < 1.29 is 0 Å². The fourth-order valence-electron chi connectivity index (χ4n) is 1.27. The third-order valence-corrected chi connectivity index (χ3v) is 5.18. The SMILES string of the molecule is CC(C#N)Sc1nn(-c2ccc(Cl)c(Cl)c2)c(=S)s1. The van der Waals surface area contributed by atoms with Crippen LogP contribution in [0.2, 0.25) is 10.0 Å². The van der Waals surface area contributed by atoms with Gasteiger partial charge in [-0.05, 0) is 37.3 Å². The minimum atomic E-state index is -0.164. The molecule has 0 bridgehead atoms. The van der Waals surface area contributed by atoms with Crippen LogP contribution in [0.25, 0.3) is 5.69 Å². The summed E-state index contributed by atoms with van der Waals surface area (Å²) in [6.07, 6.45) is 0. The molecule has 1 unspecified atom stereocenters. The standard InChI is InChI=1S/C11H7Cl2N3S3/c1-6(5-14)18-10-15-16(11(17)19-10)7-2-3-8(12)9(13)4-7/h2-4,6H,1H3. The van der Waals surface area contributed by atoms with Gasteiger partial charge in [0, 0.05) is 0 Å². The molecule has 1 aromatic carbocycles. The fourth-order valence-corrected chi connectivity index (χ4v) is 3.95. The molecule has 19 heavy (non-hydrogen) atoms. The highest BCUT2D eigenvalue weighted by Crippen LogP contribution is 2.29. The molecular formula is C11H7Cl2N3S3. The molecule has 1 aromatic heterocycles. The van der Waals surface area contributed by atoms with Gasteiger partial charge in [0.05, 0.1) is 27.1 Å². The zero-order valence-corrected chi connectivity index (χ0v) is 13.6.